The molecule has 0 aromatic carbocycles. The molecule has 0 bridgehead atoms. The maximum atomic E-state index is 4.71. The fraction of sp³-hybridized carbons (Fsp3) is 1.00. The summed E-state index contributed by atoms with van der Waals surface area (Å²) in [5.74, 6) is 1.46. The average Bonchev–Trinajstić information content (AvgIpc) is 2.89. The Morgan fingerprint density at radius 2 is 0.680 bits per heavy atom. The van der Waals surface area contributed by atoms with Gasteiger partial charge in [-0.2, -0.15) is 0 Å². The van der Waals surface area contributed by atoms with Crippen LogP contribution in [-0.4, -0.2) is 34.5 Å². The summed E-state index contributed by atoms with van der Waals surface area (Å²) >= 11 is 0. The van der Waals surface area contributed by atoms with Gasteiger partial charge in [0.25, 0.3) is 0 Å². The number of rotatable bonds is 0. The van der Waals surface area contributed by atoms with Crippen molar-refractivity contribution in [3.05, 3.63) is 21.3 Å². The quantitative estimate of drug-likeness (QED) is 0.481. The average molecular weight is 391 g/mol. The fourth-order valence-corrected chi connectivity index (χ4v) is 5.25. The van der Waals surface area contributed by atoms with Crippen molar-refractivity contribution in [2.45, 2.75) is 116 Å². The largest absolute Gasteiger partial charge is 0.673 e. The van der Waals surface area contributed by atoms with E-state index in [0.29, 0.717) is 12.3 Å². The molecule has 4 nitrogen and oxygen atoms in total. The Labute approximate surface area is 165 Å². The van der Waals surface area contributed by atoms with Crippen molar-refractivity contribution in [1.82, 2.24) is 0 Å². The molecule has 0 N–H and O–H groups in total. The smallest absolute Gasteiger partial charge is 0 e. The predicted octanol–water partition coefficient (Wildman–Crippen LogP) is 6.08. The third-order valence-corrected chi connectivity index (χ3v) is 5.82. The molecule has 0 amide bonds. The molecular weight excluding hydrogens is 355 g/mol. The zero-order valence-corrected chi connectivity index (χ0v) is 18.3. The Balaban J connectivity index is 0.000000173. The van der Waals surface area contributed by atoms with Gasteiger partial charge >= 0.3 is 0 Å². The Morgan fingerprint density at radius 1 is 0.480 bits per heavy atom. The summed E-state index contributed by atoms with van der Waals surface area (Å²) in [6.07, 6.45) is 5.54. The van der Waals surface area contributed by atoms with E-state index in [1.54, 1.807) is 0 Å². The zero-order chi connectivity index (χ0) is 18.0. The molecule has 0 aromatic heterocycles. The third-order valence-electron chi connectivity index (χ3n) is 5.82. The summed E-state index contributed by atoms with van der Waals surface area (Å²) in [5, 5.41) is 18.8. The summed E-state index contributed by atoms with van der Waals surface area (Å²) in [6, 6.07) is 0. The van der Waals surface area contributed by atoms with Gasteiger partial charge in [-0.15, -0.1) is 22.2 Å². The van der Waals surface area contributed by atoms with Gasteiger partial charge in [0.05, 0.1) is 0 Å². The van der Waals surface area contributed by atoms with Crippen LogP contribution < -0.4 is 0 Å². The topological polar surface area (TPSA) is 56.4 Å². The van der Waals surface area contributed by atoms with Crippen molar-refractivity contribution in [3.63, 3.8) is 0 Å². The molecule has 5 heteroatoms. The second kappa shape index (κ2) is 6.75. The molecule has 4 saturated heterocycles. The molecule has 4 aliphatic heterocycles. The van der Waals surface area contributed by atoms with Gasteiger partial charge in [0.1, 0.15) is 0 Å². The first kappa shape index (κ1) is 21.6. The van der Waals surface area contributed by atoms with Crippen molar-refractivity contribution in [1.29, 1.82) is 0 Å². The van der Waals surface area contributed by atoms with Crippen LogP contribution in [0.3, 0.4) is 0 Å². The molecular formula is C20H36CoN4-4. The first-order valence-corrected chi connectivity index (χ1v) is 9.64. The van der Waals surface area contributed by atoms with E-state index in [2.05, 4.69) is 55.4 Å². The molecule has 4 aliphatic rings. The van der Waals surface area contributed by atoms with E-state index in [4.69, 9.17) is 21.3 Å². The van der Waals surface area contributed by atoms with E-state index in [0.717, 1.165) is 11.8 Å². The maximum absolute atomic E-state index is 4.71. The molecule has 0 spiro atoms. The number of nitrogens with zero attached hydrogens (tertiary/aromatic N) is 4. The van der Waals surface area contributed by atoms with Gasteiger partial charge in [-0.05, 0) is 0 Å². The van der Waals surface area contributed by atoms with Crippen LogP contribution in [-0.2, 0) is 16.8 Å². The van der Waals surface area contributed by atoms with Gasteiger partial charge in [0.15, 0.2) is 0 Å². The van der Waals surface area contributed by atoms with Crippen molar-refractivity contribution in [3.8, 4) is 0 Å². The minimum Gasteiger partial charge on any atom is -0.673 e. The van der Waals surface area contributed by atoms with Crippen LogP contribution in [0.4, 0.5) is 0 Å². The Kier molecular flexibility index (Phi) is 5.84. The van der Waals surface area contributed by atoms with Crippen molar-refractivity contribution in [2.24, 2.45) is 11.8 Å². The van der Waals surface area contributed by atoms with Gasteiger partial charge in [-0.25, -0.2) is 12.3 Å². The minimum absolute atomic E-state index is 0. The Bertz CT molecular complexity index is 366. The molecule has 4 fully saturated rings. The van der Waals surface area contributed by atoms with Gasteiger partial charge in [-0.3, -0.25) is 0 Å². The molecule has 0 atom stereocenters. The Morgan fingerprint density at radius 3 is 0.840 bits per heavy atom. The first-order chi connectivity index (χ1) is 10.8. The monoisotopic (exact) mass is 391 g/mol. The molecule has 25 heavy (non-hydrogen) atoms. The maximum Gasteiger partial charge on any atom is 0 e. The third kappa shape index (κ3) is 5.20. The second-order valence-electron chi connectivity index (χ2n) is 10.9. The van der Waals surface area contributed by atoms with Gasteiger partial charge in [0.2, 0.25) is 0 Å². The van der Waals surface area contributed by atoms with E-state index < -0.39 is 0 Å². The summed E-state index contributed by atoms with van der Waals surface area (Å²) in [7, 11) is 0. The minimum atomic E-state index is 0. The number of hydrogen-bond acceptors (Lipinski definition) is 0. The van der Waals surface area contributed by atoms with Crippen LogP contribution in [0.15, 0.2) is 0 Å². The summed E-state index contributed by atoms with van der Waals surface area (Å²) in [6.45, 7) is 17.7. The van der Waals surface area contributed by atoms with Crippen LogP contribution in [0, 0.1) is 11.8 Å². The number of hydrogen-bond donors (Lipinski definition) is 0. The molecule has 149 valence electrons. The van der Waals surface area contributed by atoms with Crippen molar-refractivity contribution in [2.75, 3.05) is 0 Å². The molecule has 0 aliphatic carbocycles. The summed E-state index contributed by atoms with van der Waals surface area (Å²) < 4.78 is 0. The second-order valence-corrected chi connectivity index (χ2v) is 10.9. The fourth-order valence-electron chi connectivity index (χ4n) is 5.25. The van der Waals surface area contributed by atoms with Gasteiger partial charge in [0, 0.05) is 16.8 Å². The van der Waals surface area contributed by atoms with E-state index in [9.17, 15) is 0 Å². The SMILES string of the molecule is CC1(C)CC2CC(C)(C)[N-]C2[N-]1.CC1(C)CC2CC(C)(C)[N-]C2[N-]1.[Co]. The van der Waals surface area contributed by atoms with E-state index in [-0.39, 0.29) is 38.9 Å². The van der Waals surface area contributed by atoms with Gasteiger partial charge in [-0.1, -0.05) is 92.9 Å². The van der Waals surface area contributed by atoms with Crippen LogP contribution in [0.5, 0.6) is 0 Å². The molecule has 4 heterocycles. The first-order valence-electron chi connectivity index (χ1n) is 9.64. The molecule has 0 aromatic rings. The Hall–Kier alpha value is 0.346. The van der Waals surface area contributed by atoms with E-state index >= 15 is 0 Å². The van der Waals surface area contributed by atoms with Crippen molar-refractivity contribution < 1.29 is 16.8 Å². The summed E-state index contributed by atoms with van der Waals surface area (Å²) in [5.41, 5.74) is 0.759. The summed E-state index contributed by atoms with van der Waals surface area (Å²) in [4.78, 5) is 0. The van der Waals surface area contributed by atoms with Crippen LogP contribution >= 0.6 is 0 Å². The van der Waals surface area contributed by atoms with Crippen molar-refractivity contribution >= 4 is 0 Å². The normalized spacial score (nSPS) is 41.3. The molecule has 0 saturated carbocycles. The predicted molar refractivity (Wildman–Crippen MR) is 103 cm³/mol. The van der Waals surface area contributed by atoms with Gasteiger partial charge < -0.3 is 21.3 Å². The van der Waals surface area contributed by atoms with Crippen LogP contribution in [0.25, 0.3) is 21.3 Å². The molecule has 4 rings (SSSR count). The zero-order valence-electron chi connectivity index (χ0n) is 17.3. The van der Waals surface area contributed by atoms with E-state index in [1.807, 2.05) is 0 Å². The van der Waals surface area contributed by atoms with E-state index in [1.165, 1.54) is 25.7 Å². The standard InChI is InChI=1S/2C10H18N2.Co/c2*1-9(2)5-7-6-10(3,4)12-8(7)11-9;/h2*7-8H,5-6H2,1-4H3;/q2*-2;. The van der Waals surface area contributed by atoms with Crippen LogP contribution in [0.2, 0.25) is 0 Å². The molecule has 0 unspecified atom stereocenters. The number of fused-ring (bicyclic) bond motifs is 2. The molecule has 1 radical (unpaired) electrons. The van der Waals surface area contributed by atoms with Crippen LogP contribution in [0.1, 0.15) is 81.1 Å².